The van der Waals surface area contributed by atoms with Crippen LogP contribution in [0.5, 0.6) is 0 Å². The second kappa shape index (κ2) is 10.5. The van der Waals surface area contributed by atoms with Gasteiger partial charge in [-0.1, -0.05) is 100 Å². The predicted octanol–water partition coefficient (Wildman–Crippen LogP) is 9.51. The summed E-state index contributed by atoms with van der Waals surface area (Å²) in [6.07, 6.45) is 13.1. The molecule has 3 heteroatoms. The van der Waals surface area contributed by atoms with Crippen LogP contribution in [0.2, 0.25) is 0 Å². The number of amides is 1. The fraction of sp³-hybridized carbons (Fsp3) is 0.282. The minimum atomic E-state index is -0.308. The highest BCUT2D eigenvalue weighted by atomic mass is 16.2. The maximum absolute atomic E-state index is 13.6. The zero-order chi connectivity index (χ0) is 29.6. The number of hydrogen-bond acceptors (Lipinski definition) is 1. The molecular formula is C39H41N2O+. The summed E-state index contributed by atoms with van der Waals surface area (Å²) in [7, 11) is 2.16. The summed E-state index contributed by atoms with van der Waals surface area (Å²) in [5.74, 6) is 0.170. The number of rotatable bonds is 6. The predicted molar refractivity (Wildman–Crippen MR) is 178 cm³/mol. The number of fused-ring (bicyclic) bond motifs is 6. The largest absolute Gasteiger partial charge is 0.284 e. The Labute approximate surface area is 250 Å². The van der Waals surface area contributed by atoms with Gasteiger partial charge >= 0.3 is 0 Å². The molecule has 212 valence electrons. The van der Waals surface area contributed by atoms with Gasteiger partial charge in [-0.2, -0.15) is 4.58 Å². The highest BCUT2D eigenvalue weighted by Crippen LogP contribution is 2.51. The van der Waals surface area contributed by atoms with Gasteiger partial charge in [0.05, 0.1) is 11.1 Å². The van der Waals surface area contributed by atoms with E-state index in [1.54, 1.807) is 0 Å². The van der Waals surface area contributed by atoms with Crippen molar-refractivity contribution in [3.05, 3.63) is 120 Å². The Kier molecular flexibility index (Phi) is 7.01. The van der Waals surface area contributed by atoms with Crippen LogP contribution in [0.3, 0.4) is 0 Å². The molecule has 0 N–H and O–H groups in total. The monoisotopic (exact) mass is 553 g/mol. The number of allylic oxidation sites excluding steroid dienone is 6. The summed E-state index contributed by atoms with van der Waals surface area (Å²) in [5.41, 5.74) is 6.77. The summed E-state index contributed by atoms with van der Waals surface area (Å²) in [4.78, 5) is 15.6. The molecule has 0 aromatic heterocycles. The topological polar surface area (TPSA) is 23.3 Å². The molecular weight excluding hydrogens is 512 g/mol. The number of carbonyl (C=O) groups excluding carboxylic acids is 1. The van der Waals surface area contributed by atoms with E-state index < -0.39 is 0 Å². The molecule has 3 nitrogen and oxygen atoms in total. The van der Waals surface area contributed by atoms with Crippen LogP contribution in [0.1, 0.15) is 65.0 Å². The van der Waals surface area contributed by atoms with E-state index >= 15 is 0 Å². The molecule has 0 aliphatic carbocycles. The number of nitrogens with zero attached hydrogens (tertiary/aromatic N) is 2. The van der Waals surface area contributed by atoms with Gasteiger partial charge in [-0.05, 0) is 65.6 Å². The third kappa shape index (κ3) is 4.34. The Hall–Kier alpha value is -4.24. The molecule has 0 saturated carbocycles. The molecule has 2 heterocycles. The Morgan fingerprint density at radius 3 is 2.12 bits per heavy atom. The lowest BCUT2D eigenvalue weighted by Gasteiger charge is -2.25. The van der Waals surface area contributed by atoms with E-state index in [1.165, 1.54) is 44.1 Å². The SMILES string of the molecule is CCCCC(=O)N1/C(=C/C=C/C=C/C2=[N+](C)c3ccc4ccccc4c3C2(C)C)C(C)(C)c2c1ccc1ccccc21. The van der Waals surface area contributed by atoms with Crippen molar-refractivity contribution >= 4 is 44.5 Å². The number of anilines is 1. The summed E-state index contributed by atoms with van der Waals surface area (Å²) in [6.45, 7) is 11.3. The maximum atomic E-state index is 13.6. The Morgan fingerprint density at radius 1 is 0.786 bits per heavy atom. The molecule has 2 aliphatic rings. The summed E-state index contributed by atoms with van der Waals surface area (Å²) in [6, 6.07) is 25.9. The van der Waals surface area contributed by atoms with Crippen molar-refractivity contribution in [3.8, 4) is 0 Å². The van der Waals surface area contributed by atoms with Crippen LogP contribution in [0.25, 0.3) is 21.5 Å². The van der Waals surface area contributed by atoms with Crippen molar-refractivity contribution in [1.82, 2.24) is 0 Å². The van der Waals surface area contributed by atoms with Crippen LogP contribution in [0.15, 0.2) is 109 Å². The third-order valence-electron chi connectivity index (χ3n) is 9.27. The van der Waals surface area contributed by atoms with Gasteiger partial charge < -0.3 is 0 Å². The second-order valence-electron chi connectivity index (χ2n) is 12.7. The van der Waals surface area contributed by atoms with Gasteiger partial charge in [-0.3, -0.25) is 9.69 Å². The number of unbranched alkanes of at least 4 members (excludes halogenated alkanes) is 1. The van der Waals surface area contributed by atoms with E-state index in [9.17, 15) is 4.79 Å². The lowest BCUT2D eigenvalue weighted by Crippen LogP contribution is -2.31. The van der Waals surface area contributed by atoms with E-state index in [1.807, 2.05) is 4.90 Å². The van der Waals surface area contributed by atoms with Crippen LogP contribution in [0.4, 0.5) is 11.4 Å². The molecule has 0 unspecified atom stereocenters. The maximum Gasteiger partial charge on any atom is 0.231 e. The highest BCUT2D eigenvalue weighted by molar-refractivity contribution is 6.08. The third-order valence-corrected chi connectivity index (χ3v) is 9.27. The lowest BCUT2D eigenvalue weighted by atomic mass is 9.79. The molecule has 0 saturated heterocycles. The number of benzene rings is 4. The molecule has 2 aliphatic heterocycles. The standard InChI is InChI=1S/C39H41N2O/c1-7-8-22-35(42)41-32-26-24-28-17-13-15-19-30(28)37(32)39(4,5)34(41)21-11-9-10-20-33-38(2,3)36-29-18-14-12-16-27(29)23-25-31(36)40(33)6/h9-21,23-26H,7-8,22H2,1-6H3/q+1. The summed E-state index contributed by atoms with van der Waals surface area (Å²) in [5, 5.41) is 5.02. The van der Waals surface area contributed by atoms with E-state index in [2.05, 4.69) is 149 Å². The van der Waals surface area contributed by atoms with Gasteiger partial charge in [-0.25, -0.2) is 0 Å². The summed E-state index contributed by atoms with van der Waals surface area (Å²) < 4.78 is 2.32. The molecule has 0 radical (unpaired) electrons. The van der Waals surface area contributed by atoms with Crippen molar-refractivity contribution in [2.45, 2.75) is 64.7 Å². The van der Waals surface area contributed by atoms with Gasteiger partial charge in [0, 0.05) is 35.2 Å². The fourth-order valence-corrected chi connectivity index (χ4v) is 7.18. The zero-order valence-electron chi connectivity index (χ0n) is 25.7. The quantitative estimate of drug-likeness (QED) is 0.172. The highest BCUT2D eigenvalue weighted by Gasteiger charge is 2.45. The molecule has 0 fully saturated rings. The van der Waals surface area contributed by atoms with Crippen molar-refractivity contribution < 1.29 is 9.37 Å². The van der Waals surface area contributed by atoms with Gasteiger partial charge in [0.1, 0.15) is 7.05 Å². The average molecular weight is 554 g/mol. The number of carbonyl (C=O) groups is 1. The van der Waals surface area contributed by atoms with Crippen LogP contribution < -0.4 is 4.90 Å². The first-order valence-electron chi connectivity index (χ1n) is 15.2. The summed E-state index contributed by atoms with van der Waals surface area (Å²) >= 11 is 0. The number of hydrogen-bond donors (Lipinski definition) is 0. The zero-order valence-corrected chi connectivity index (χ0v) is 25.7. The van der Waals surface area contributed by atoms with Gasteiger partial charge in [0.2, 0.25) is 11.6 Å². The van der Waals surface area contributed by atoms with Gasteiger partial charge in [0.25, 0.3) is 0 Å². The Morgan fingerprint density at radius 2 is 1.43 bits per heavy atom. The van der Waals surface area contributed by atoms with Crippen molar-refractivity contribution in [3.63, 3.8) is 0 Å². The first kappa shape index (κ1) is 27.9. The van der Waals surface area contributed by atoms with Gasteiger partial charge in [0.15, 0.2) is 5.71 Å². The average Bonchev–Trinajstić information content (AvgIpc) is 3.34. The van der Waals surface area contributed by atoms with Crippen LogP contribution in [-0.4, -0.2) is 23.2 Å². The minimum absolute atomic E-state index is 0.119. The normalized spacial score (nSPS) is 18.2. The molecule has 1 amide bonds. The van der Waals surface area contributed by atoms with Crippen molar-refractivity contribution in [1.29, 1.82) is 0 Å². The smallest absolute Gasteiger partial charge is 0.231 e. The minimum Gasteiger partial charge on any atom is -0.284 e. The van der Waals surface area contributed by atoms with E-state index in [0.717, 1.165) is 24.2 Å². The molecule has 42 heavy (non-hydrogen) atoms. The molecule has 0 atom stereocenters. The van der Waals surface area contributed by atoms with E-state index in [-0.39, 0.29) is 16.7 Å². The Balaban J connectivity index is 1.34. The van der Waals surface area contributed by atoms with Crippen molar-refractivity contribution in [2.75, 3.05) is 11.9 Å². The molecule has 6 rings (SSSR count). The lowest BCUT2D eigenvalue weighted by molar-refractivity contribution is -0.401. The molecule has 4 aromatic carbocycles. The van der Waals surface area contributed by atoms with Crippen LogP contribution in [-0.2, 0) is 15.6 Å². The first-order valence-corrected chi connectivity index (χ1v) is 15.2. The Bertz CT molecular complexity index is 1850. The van der Waals surface area contributed by atoms with Crippen LogP contribution >= 0.6 is 0 Å². The molecule has 0 bridgehead atoms. The van der Waals surface area contributed by atoms with E-state index in [0.29, 0.717) is 6.42 Å². The second-order valence-corrected chi connectivity index (χ2v) is 12.7. The van der Waals surface area contributed by atoms with Gasteiger partial charge in [-0.15, -0.1) is 0 Å². The van der Waals surface area contributed by atoms with Crippen molar-refractivity contribution in [2.24, 2.45) is 0 Å². The van der Waals surface area contributed by atoms with Crippen LogP contribution in [0, 0.1) is 0 Å². The molecule has 4 aromatic rings. The molecule has 0 spiro atoms. The fourth-order valence-electron chi connectivity index (χ4n) is 7.18. The first-order chi connectivity index (χ1) is 20.2. The van der Waals surface area contributed by atoms with E-state index in [4.69, 9.17) is 0 Å².